The van der Waals surface area contributed by atoms with E-state index >= 15 is 0 Å². The Kier molecular flexibility index (Phi) is 4.06. The van der Waals surface area contributed by atoms with Crippen LogP contribution in [0, 0.1) is 6.92 Å². The van der Waals surface area contributed by atoms with E-state index in [0.717, 1.165) is 22.6 Å². The standard InChI is InChI=1S/C22H17N3O3S/c1-3-16-23-24-22(29-16)25-18(13-7-5-4-6-8-13)17-19(26)14-11-12(2)9-10-15(14)28-20(17)21(25)27/h4-11,18H,3H2,1-2H3/t18-/m0/s1. The van der Waals surface area contributed by atoms with E-state index in [1.807, 2.05) is 50.2 Å². The molecule has 1 aliphatic rings. The fourth-order valence-electron chi connectivity index (χ4n) is 3.72. The molecule has 7 heteroatoms. The van der Waals surface area contributed by atoms with Gasteiger partial charge in [0.2, 0.25) is 10.9 Å². The van der Waals surface area contributed by atoms with Gasteiger partial charge in [0.1, 0.15) is 10.6 Å². The zero-order valence-electron chi connectivity index (χ0n) is 15.9. The van der Waals surface area contributed by atoms with E-state index in [4.69, 9.17) is 4.42 Å². The molecule has 0 spiro atoms. The number of carbonyl (C=O) groups is 1. The van der Waals surface area contributed by atoms with Crippen molar-refractivity contribution in [1.29, 1.82) is 0 Å². The lowest BCUT2D eigenvalue weighted by atomic mass is 9.98. The molecule has 0 saturated carbocycles. The minimum absolute atomic E-state index is 0.0773. The number of hydrogen-bond acceptors (Lipinski definition) is 6. The van der Waals surface area contributed by atoms with Crippen molar-refractivity contribution in [3.8, 4) is 0 Å². The summed E-state index contributed by atoms with van der Waals surface area (Å²) in [6.45, 7) is 3.91. The zero-order chi connectivity index (χ0) is 20.1. The molecule has 0 N–H and O–H groups in total. The fourth-order valence-corrected chi connectivity index (χ4v) is 4.52. The van der Waals surface area contributed by atoms with E-state index in [0.29, 0.717) is 21.7 Å². The highest BCUT2D eigenvalue weighted by Gasteiger charge is 2.45. The van der Waals surface area contributed by atoms with E-state index in [2.05, 4.69) is 10.2 Å². The molecule has 1 aliphatic heterocycles. The molecule has 1 amide bonds. The van der Waals surface area contributed by atoms with Gasteiger partial charge in [0.25, 0.3) is 5.91 Å². The van der Waals surface area contributed by atoms with Gasteiger partial charge in [0.05, 0.1) is 17.0 Å². The molecule has 6 nitrogen and oxygen atoms in total. The largest absolute Gasteiger partial charge is 0.450 e. The molecule has 0 unspecified atom stereocenters. The average molecular weight is 403 g/mol. The Labute approximate surface area is 170 Å². The summed E-state index contributed by atoms with van der Waals surface area (Å²) in [6.07, 6.45) is 0.725. The fraction of sp³-hybridized carbons (Fsp3) is 0.182. The summed E-state index contributed by atoms with van der Waals surface area (Å²) in [7, 11) is 0. The van der Waals surface area contributed by atoms with E-state index < -0.39 is 6.04 Å². The van der Waals surface area contributed by atoms with Crippen LogP contribution in [-0.4, -0.2) is 16.1 Å². The van der Waals surface area contributed by atoms with Gasteiger partial charge in [-0.2, -0.15) is 0 Å². The Hall–Kier alpha value is -3.32. The highest BCUT2D eigenvalue weighted by Crippen LogP contribution is 2.42. The Morgan fingerprint density at radius 3 is 2.62 bits per heavy atom. The molecule has 144 valence electrons. The normalized spacial score (nSPS) is 15.9. The minimum atomic E-state index is -0.600. The second kappa shape index (κ2) is 6.63. The van der Waals surface area contributed by atoms with Crippen LogP contribution in [0.4, 0.5) is 5.13 Å². The Balaban J connectivity index is 1.81. The average Bonchev–Trinajstić information content (AvgIpc) is 3.32. The summed E-state index contributed by atoms with van der Waals surface area (Å²) in [5, 5.41) is 10.2. The van der Waals surface area contributed by atoms with Crippen LogP contribution in [0.15, 0.2) is 57.7 Å². The van der Waals surface area contributed by atoms with Gasteiger partial charge in [-0.3, -0.25) is 14.5 Å². The lowest BCUT2D eigenvalue weighted by Crippen LogP contribution is -2.29. The highest BCUT2D eigenvalue weighted by atomic mass is 32.1. The van der Waals surface area contributed by atoms with Gasteiger partial charge < -0.3 is 4.42 Å². The number of anilines is 1. The number of hydrogen-bond donors (Lipinski definition) is 0. The SMILES string of the molecule is CCc1nnc(N2C(=O)c3oc4ccc(C)cc4c(=O)c3[C@@H]2c2ccccc2)s1. The van der Waals surface area contributed by atoms with Gasteiger partial charge >= 0.3 is 0 Å². The minimum Gasteiger partial charge on any atom is -0.450 e. The predicted molar refractivity (Wildman–Crippen MR) is 112 cm³/mol. The second-order valence-corrected chi connectivity index (χ2v) is 8.03. The number of nitrogens with zero attached hydrogens (tertiary/aromatic N) is 3. The van der Waals surface area contributed by atoms with Crippen LogP contribution in [0.25, 0.3) is 11.0 Å². The van der Waals surface area contributed by atoms with Gasteiger partial charge in [0, 0.05) is 0 Å². The van der Waals surface area contributed by atoms with E-state index in [9.17, 15) is 9.59 Å². The quantitative estimate of drug-likeness (QED) is 0.511. The molecule has 4 aromatic rings. The van der Waals surface area contributed by atoms with Crippen LogP contribution < -0.4 is 10.3 Å². The van der Waals surface area contributed by atoms with Crippen LogP contribution >= 0.6 is 11.3 Å². The van der Waals surface area contributed by atoms with Crippen LogP contribution in [0.5, 0.6) is 0 Å². The molecule has 0 radical (unpaired) electrons. The monoisotopic (exact) mass is 403 g/mol. The van der Waals surface area contributed by atoms with Crippen molar-refractivity contribution in [2.45, 2.75) is 26.3 Å². The number of fused-ring (bicyclic) bond motifs is 2. The summed E-state index contributed by atoms with van der Waals surface area (Å²) >= 11 is 1.35. The molecule has 0 bridgehead atoms. The number of benzene rings is 2. The molecule has 5 rings (SSSR count). The van der Waals surface area contributed by atoms with Crippen molar-refractivity contribution in [3.63, 3.8) is 0 Å². The molecule has 0 fully saturated rings. The van der Waals surface area contributed by atoms with Gasteiger partial charge in [-0.1, -0.05) is 60.2 Å². The van der Waals surface area contributed by atoms with Gasteiger partial charge in [0.15, 0.2) is 5.43 Å². The van der Waals surface area contributed by atoms with Crippen molar-refractivity contribution >= 4 is 33.3 Å². The molecular weight excluding hydrogens is 386 g/mol. The Bertz CT molecular complexity index is 1310. The molecular formula is C22H17N3O3S. The molecule has 2 aromatic carbocycles. The number of amides is 1. The van der Waals surface area contributed by atoms with Gasteiger partial charge in [-0.15, -0.1) is 10.2 Å². The van der Waals surface area contributed by atoms with Crippen molar-refractivity contribution in [2.24, 2.45) is 0 Å². The van der Waals surface area contributed by atoms with Gasteiger partial charge in [-0.05, 0) is 31.0 Å². The maximum Gasteiger partial charge on any atom is 0.297 e. The third-order valence-corrected chi connectivity index (χ3v) is 6.17. The predicted octanol–water partition coefficient (Wildman–Crippen LogP) is 4.27. The van der Waals surface area contributed by atoms with E-state index in [-0.39, 0.29) is 17.1 Å². The smallest absolute Gasteiger partial charge is 0.297 e. The van der Waals surface area contributed by atoms with Crippen molar-refractivity contribution < 1.29 is 9.21 Å². The molecule has 0 saturated heterocycles. The summed E-state index contributed by atoms with van der Waals surface area (Å²) in [6, 6.07) is 14.3. The third kappa shape index (κ3) is 2.69. The van der Waals surface area contributed by atoms with Crippen molar-refractivity contribution in [2.75, 3.05) is 4.90 Å². The highest BCUT2D eigenvalue weighted by molar-refractivity contribution is 7.15. The van der Waals surface area contributed by atoms with Gasteiger partial charge in [-0.25, -0.2) is 0 Å². The molecule has 2 aromatic heterocycles. The summed E-state index contributed by atoms with van der Waals surface area (Å²) < 4.78 is 5.95. The molecule has 0 aliphatic carbocycles. The molecule has 29 heavy (non-hydrogen) atoms. The molecule has 1 atom stereocenters. The van der Waals surface area contributed by atoms with Crippen LogP contribution in [0.2, 0.25) is 0 Å². The van der Waals surface area contributed by atoms with Crippen LogP contribution in [0.3, 0.4) is 0 Å². The van der Waals surface area contributed by atoms with Crippen LogP contribution in [-0.2, 0) is 6.42 Å². The van der Waals surface area contributed by atoms with Crippen molar-refractivity contribution in [1.82, 2.24) is 10.2 Å². The maximum absolute atomic E-state index is 13.5. The molecule has 3 heterocycles. The van der Waals surface area contributed by atoms with Crippen LogP contribution in [0.1, 0.15) is 45.2 Å². The number of aromatic nitrogens is 2. The lowest BCUT2D eigenvalue weighted by molar-refractivity contribution is 0.0970. The number of rotatable bonds is 3. The van der Waals surface area contributed by atoms with Crippen molar-refractivity contribution in [3.05, 3.63) is 86.2 Å². The zero-order valence-corrected chi connectivity index (χ0v) is 16.7. The first-order valence-electron chi connectivity index (χ1n) is 9.36. The van der Waals surface area contributed by atoms with E-state index in [1.165, 1.54) is 16.2 Å². The maximum atomic E-state index is 13.5. The second-order valence-electron chi connectivity index (χ2n) is 6.99. The van der Waals surface area contributed by atoms with E-state index in [1.54, 1.807) is 12.1 Å². The topological polar surface area (TPSA) is 76.3 Å². The number of aryl methyl sites for hydroxylation is 2. The first kappa shape index (κ1) is 17.8. The Morgan fingerprint density at radius 1 is 1.10 bits per heavy atom. The lowest BCUT2D eigenvalue weighted by Gasteiger charge is -2.21. The third-order valence-electron chi connectivity index (χ3n) is 5.11. The number of carbonyl (C=O) groups excluding carboxylic acids is 1. The first-order chi connectivity index (χ1) is 14.1. The summed E-state index contributed by atoms with van der Waals surface area (Å²) in [5.41, 5.74) is 2.36. The first-order valence-corrected chi connectivity index (χ1v) is 10.2. The summed E-state index contributed by atoms with van der Waals surface area (Å²) in [5.74, 6) is -0.291. The Morgan fingerprint density at radius 2 is 1.90 bits per heavy atom. The summed E-state index contributed by atoms with van der Waals surface area (Å²) in [4.78, 5) is 28.4.